The van der Waals surface area contributed by atoms with E-state index in [1.54, 1.807) is 25.4 Å². The number of amides is 1. The lowest BCUT2D eigenvalue weighted by molar-refractivity contribution is 0.0777. The number of aromatic nitrogens is 1. The number of carbonyl (C=O) groups is 1. The average Bonchev–Trinajstić information content (AvgIpc) is 2.57. The number of halogens is 2. The van der Waals surface area contributed by atoms with Crippen molar-refractivity contribution >= 4 is 45.9 Å². The van der Waals surface area contributed by atoms with Gasteiger partial charge in [-0.25, -0.2) is 4.39 Å². The Bertz CT molecular complexity index is 884. The van der Waals surface area contributed by atoms with E-state index in [0.29, 0.717) is 22.1 Å². The number of anilines is 1. The number of thioether (sulfide) groups is 1. The normalized spacial score (nSPS) is 13.8. The van der Waals surface area contributed by atoms with Gasteiger partial charge in [-0.15, -0.1) is 11.8 Å². The first-order valence-electron chi connectivity index (χ1n) is 7.22. The summed E-state index contributed by atoms with van der Waals surface area (Å²) in [5, 5.41) is 1.39. The van der Waals surface area contributed by atoms with E-state index < -0.39 is 5.82 Å². The van der Waals surface area contributed by atoms with Crippen LogP contribution in [0.2, 0.25) is 0 Å². The molecule has 1 amide bonds. The lowest BCUT2D eigenvalue weighted by atomic mass is 10.0. The Labute approximate surface area is 156 Å². The number of fused-ring (bicyclic) bond motifs is 1. The standard InChI is InChI=1S/C16H15FIN3O2S/c1-20-8-11-10(14(18)16(20)23)5-6-21(15(11)22)19-13-4-3-9(24-2)7-12(13)17/h3-4,7-8,19H,5-6H2,1-2H3. The van der Waals surface area contributed by atoms with Crippen LogP contribution in [0.15, 0.2) is 34.1 Å². The van der Waals surface area contributed by atoms with Crippen LogP contribution in [0.4, 0.5) is 10.1 Å². The topological polar surface area (TPSA) is 54.3 Å². The van der Waals surface area contributed by atoms with Crippen molar-refractivity contribution in [1.29, 1.82) is 0 Å². The lowest BCUT2D eigenvalue weighted by Gasteiger charge is -2.30. The Balaban J connectivity index is 1.91. The minimum Gasteiger partial charge on any atom is -0.317 e. The number of hydrazine groups is 1. The zero-order valence-corrected chi connectivity index (χ0v) is 16.1. The van der Waals surface area contributed by atoms with Gasteiger partial charge in [-0.05, 0) is 59.0 Å². The van der Waals surface area contributed by atoms with Crippen LogP contribution in [0.25, 0.3) is 0 Å². The van der Waals surface area contributed by atoms with Crippen LogP contribution in [-0.2, 0) is 13.5 Å². The molecule has 1 aromatic carbocycles. The summed E-state index contributed by atoms with van der Waals surface area (Å²) in [6.07, 6.45) is 3.97. The highest BCUT2D eigenvalue weighted by Gasteiger charge is 2.28. The van der Waals surface area contributed by atoms with Gasteiger partial charge in [-0.1, -0.05) is 0 Å². The monoisotopic (exact) mass is 459 g/mol. The molecule has 1 N–H and O–H groups in total. The largest absolute Gasteiger partial charge is 0.317 e. The fraction of sp³-hybridized carbons (Fsp3) is 0.250. The molecule has 0 aliphatic carbocycles. The molecule has 0 bridgehead atoms. The lowest BCUT2D eigenvalue weighted by Crippen LogP contribution is -2.43. The van der Waals surface area contributed by atoms with Crippen molar-refractivity contribution in [3.05, 3.63) is 55.3 Å². The Hall–Kier alpha value is -1.55. The summed E-state index contributed by atoms with van der Waals surface area (Å²) in [5.74, 6) is -0.673. The second kappa shape index (κ2) is 6.75. The number of aryl methyl sites for hydroxylation is 1. The van der Waals surface area contributed by atoms with Crippen molar-refractivity contribution in [1.82, 2.24) is 9.58 Å². The van der Waals surface area contributed by atoms with Crippen molar-refractivity contribution in [3.63, 3.8) is 0 Å². The highest BCUT2D eigenvalue weighted by molar-refractivity contribution is 14.1. The predicted octanol–water partition coefficient (Wildman–Crippen LogP) is 2.88. The first-order valence-corrected chi connectivity index (χ1v) is 9.52. The summed E-state index contributed by atoms with van der Waals surface area (Å²) >= 11 is 3.43. The molecule has 0 fully saturated rings. The van der Waals surface area contributed by atoms with E-state index in [1.165, 1.54) is 27.4 Å². The summed E-state index contributed by atoms with van der Waals surface area (Å²) in [7, 11) is 1.62. The number of hydrogen-bond acceptors (Lipinski definition) is 4. The van der Waals surface area contributed by atoms with Crippen LogP contribution in [0.1, 0.15) is 15.9 Å². The summed E-state index contributed by atoms with van der Waals surface area (Å²) in [4.78, 5) is 25.5. The molecule has 0 spiro atoms. The molecule has 0 saturated carbocycles. The van der Waals surface area contributed by atoms with Gasteiger partial charge in [-0.3, -0.25) is 20.0 Å². The van der Waals surface area contributed by atoms with E-state index >= 15 is 0 Å². The smallest absolute Gasteiger partial charge is 0.274 e. The third-order valence-electron chi connectivity index (χ3n) is 3.91. The third-order valence-corrected chi connectivity index (χ3v) is 5.75. The molecule has 2 heterocycles. The fourth-order valence-electron chi connectivity index (χ4n) is 2.60. The Morgan fingerprint density at radius 2 is 2.08 bits per heavy atom. The maximum atomic E-state index is 14.1. The number of carbonyl (C=O) groups excluding carboxylic acids is 1. The Kier molecular flexibility index (Phi) is 4.86. The molecule has 0 radical (unpaired) electrons. The molecular formula is C16H15FIN3O2S. The number of nitrogens with one attached hydrogen (secondary N) is 1. The zero-order chi connectivity index (χ0) is 17.4. The molecule has 3 rings (SSSR count). The third kappa shape index (κ3) is 3.04. The van der Waals surface area contributed by atoms with Gasteiger partial charge >= 0.3 is 0 Å². The molecule has 5 nitrogen and oxygen atoms in total. The molecule has 126 valence electrons. The van der Waals surface area contributed by atoms with Gasteiger partial charge in [-0.2, -0.15) is 0 Å². The van der Waals surface area contributed by atoms with Crippen molar-refractivity contribution in [2.75, 3.05) is 18.2 Å². The number of pyridine rings is 1. The first kappa shape index (κ1) is 17.3. The van der Waals surface area contributed by atoms with E-state index in [4.69, 9.17) is 0 Å². The van der Waals surface area contributed by atoms with E-state index in [0.717, 1.165) is 10.5 Å². The van der Waals surface area contributed by atoms with E-state index in [1.807, 2.05) is 28.8 Å². The van der Waals surface area contributed by atoms with Gasteiger partial charge in [0.05, 0.1) is 14.8 Å². The van der Waals surface area contributed by atoms with Crippen LogP contribution in [-0.4, -0.2) is 28.3 Å². The van der Waals surface area contributed by atoms with Gasteiger partial charge in [0, 0.05) is 24.7 Å². The van der Waals surface area contributed by atoms with Gasteiger partial charge in [0.1, 0.15) is 5.82 Å². The summed E-state index contributed by atoms with van der Waals surface area (Å²) in [5.41, 5.74) is 4.24. The summed E-state index contributed by atoms with van der Waals surface area (Å²) in [6, 6.07) is 4.85. The van der Waals surface area contributed by atoms with Crippen molar-refractivity contribution in [3.8, 4) is 0 Å². The summed E-state index contributed by atoms with van der Waals surface area (Å²) < 4.78 is 16.1. The van der Waals surface area contributed by atoms with Crippen LogP contribution < -0.4 is 11.0 Å². The fourth-order valence-corrected chi connectivity index (χ4v) is 3.96. The van der Waals surface area contributed by atoms with E-state index in [9.17, 15) is 14.0 Å². The number of nitrogens with zero attached hydrogens (tertiary/aromatic N) is 2. The second-order valence-corrected chi connectivity index (χ2v) is 7.37. The molecule has 1 aromatic heterocycles. The first-order chi connectivity index (χ1) is 11.4. The second-order valence-electron chi connectivity index (χ2n) is 5.42. The van der Waals surface area contributed by atoms with E-state index in [2.05, 4.69) is 5.43 Å². The Morgan fingerprint density at radius 1 is 1.33 bits per heavy atom. The molecule has 1 aliphatic rings. The molecule has 2 aromatic rings. The minimum atomic E-state index is -0.407. The van der Waals surface area contributed by atoms with Crippen molar-refractivity contribution in [2.45, 2.75) is 11.3 Å². The van der Waals surface area contributed by atoms with Crippen molar-refractivity contribution < 1.29 is 9.18 Å². The molecule has 24 heavy (non-hydrogen) atoms. The number of hydrogen-bond donors (Lipinski definition) is 1. The van der Waals surface area contributed by atoms with Gasteiger partial charge in [0.25, 0.3) is 11.5 Å². The number of benzene rings is 1. The van der Waals surface area contributed by atoms with E-state index in [-0.39, 0.29) is 17.2 Å². The van der Waals surface area contributed by atoms with Crippen LogP contribution >= 0.6 is 34.4 Å². The molecule has 0 saturated heterocycles. The average molecular weight is 459 g/mol. The van der Waals surface area contributed by atoms with Crippen LogP contribution in [0.3, 0.4) is 0 Å². The summed E-state index contributed by atoms with van der Waals surface area (Å²) in [6.45, 7) is 0.374. The van der Waals surface area contributed by atoms with Gasteiger partial charge in [0.15, 0.2) is 0 Å². The van der Waals surface area contributed by atoms with Crippen molar-refractivity contribution in [2.24, 2.45) is 7.05 Å². The minimum absolute atomic E-state index is 0.109. The highest BCUT2D eigenvalue weighted by atomic mass is 127. The quantitative estimate of drug-likeness (QED) is 0.567. The zero-order valence-electron chi connectivity index (χ0n) is 13.1. The molecule has 1 aliphatic heterocycles. The maximum Gasteiger partial charge on any atom is 0.274 e. The predicted molar refractivity (Wildman–Crippen MR) is 101 cm³/mol. The molecule has 0 atom stereocenters. The molecule has 8 heteroatoms. The number of rotatable bonds is 3. The molecule has 0 unspecified atom stereocenters. The Morgan fingerprint density at radius 3 is 2.75 bits per heavy atom. The molecular weight excluding hydrogens is 444 g/mol. The van der Waals surface area contributed by atoms with Gasteiger partial charge in [0.2, 0.25) is 0 Å². The van der Waals surface area contributed by atoms with Gasteiger partial charge < -0.3 is 4.57 Å². The SMILES string of the molecule is CSc1ccc(NN2CCc3c(cn(C)c(=O)c3I)C2=O)c(F)c1. The maximum absolute atomic E-state index is 14.1. The highest BCUT2D eigenvalue weighted by Crippen LogP contribution is 2.25. The van der Waals surface area contributed by atoms with Crippen LogP contribution in [0.5, 0.6) is 0 Å². The van der Waals surface area contributed by atoms with Crippen LogP contribution in [0, 0.1) is 9.39 Å².